The van der Waals surface area contributed by atoms with Crippen molar-refractivity contribution in [2.45, 2.75) is 32.7 Å². The molecule has 5 heteroatoms. The van der Waals surface area contributed by atoms with Gasteiger partial charge in [-0.2, -0.15) is 0 Å². The van der Waals surface area contributed by atoms with Crippen molar-refractivity contribution in [2.75, 3.05) is 43.4 Å². The molecule has 0 saturated carbocycles. The molecular formula is C14H25N5. The van der Waals surface area contributed by atoms with E-state index in [0.717, 1.165) is 44.2 Å². The van der Waals surface area contributed by atoms with Gasteiger partial charge in [-0.25, -0.2) is 4.98 Å². The van der Waals surface area contributed by atoms with Crippen LogP contribution in [0.15, 0.2) is 12.4 Å². The highest BCUT2D eigenvalue weighted by molar-refractivity contribution is 5.44. The molecule has 1 fully saturated rings. The minimum absolute atomic E-state index is 0.614. The molecule has 0 spiro atoms. The molecule has 1 saturated heterocycles. The van der Waals surface area contributed by atoms with Crippen LogP contribution in [0.5, 0.6) is 0 Å². The number of piperazine rings is 1. The van der Waals surface area contributed by atoms with Gasteiger partial charge >= 0.3 is 0 Å². The maximum atomic E-state index is 4.66. The molecule has 1 aromatic rings. The van der Waals surface area contributed by atoms with Crippen molar-refractivity contribution in [1.29, 1.82) is 0 Å². The third-order valence-corrected chi connectivity index (χ3v) is 3.75. The predicted octanol–water partition coefficient (Wildman–Crippen LogP) is 1.83. The first-order valence-electron chi connectivity index (χ1n) is 7.25. The Bertz CT molecular complexity index is 395. The van der Waals surface area contributed by atoms with Crippen LogP contribution in [0, 0.1) is 0 Å². The quantitative estimate of drug-likeness (QED) is 0.878. The van der Waals surface area contributed by atoms with Gasteiger partial charge in [-0.05, 0) is 19.9 Å². The molecule has 106 valence electrons. The minimum Gasteiger partial charge on any atom is -0.369 e. The van der Waals surface area contributed by atoms with Crippen LogP contribution in [-0.2, 0) is 0 Å². The van der Waals surface area contributed by atoms with E-state index in [1.807, 2.05) is 6.20 Å². The van der Waals surface area contributed by atoms with E-state index in [1.54, 1.807) is 6.20 Å². The second kappa shape index (κ2) is 6.70. The molecule has 1 aliphatic heterocycles. The Hall–Kier alpha value is -1.36. The Morgan fingerprint density at radius 2 is 2.16 bits per heavy atom. The molecule has 0 radical (unpaired) electrons. The number of aromatic nitrogens is 2. The molecule has 1 unspecified atom stereocenters. The molecule has 0 aliphatic carbocycles. The van der Waals surface area contributed by atoms with Crippen molar-refractivity contribution in [2.24, 2.45) is 0 Å². The number of hydrogen-bond donors (Lipinski definition) is 1. The van der Waals surface area contributed by atoms with Crippen molar-refractivity contribution in [1.82, 2.24) is 14.9 Å². The number of nitrogens with one attached hydrogen (secondary N) is 1. The van der Waals surface area contributed by atoms with Crippen LogP contribution in [0.25, 0.3) is 0 Å². The van der Waals surface area contributed by atoms with Crippen molar-refractivity contribution < 1.29 is 0 Å². The summed E-state index contributed by atoms with van der Waals surface area (Å²) in [6, 6.07) is 0.614. The molecule has 1 atom stereocenters. The molecule has 5 nitrogen and oxygen atoms in total. The molecule has 0 aromatic carbocycles. The van der Waals surface area contributed by atoms with E-state index >= 15 is 0 Å². The van der Waals surface area contributed by atoms with E-state index in [1.165, 1.54) is 6.42 Å². The summed E-state index contributed by atoms with van der Waals surface area (Å²) >= 11 is 0. The zero-order valence-corrected chi connectivity index (χ0v) is 12.3. The summed E-state index contributed by atoms with van der Waals surface area (Å²) in [4.78, 5) is 13.7. The lowest BCUT2D eigenvalue weighted by Gasteiger charge is -2.39. The summed E-state index contributed by atoms with van der Waals surface area (Å²) in [5.74, 6) is 1.87. The first-order valence-corrected chi connectivity index (χ1v) is 7.25. The SMILES string of the molecule is CCCNc1cncc(N2CCN(C)C(CC)C2)n1. The molecular weight excluding hydrogens is 238 g/mol. The van der Waals surface area contributed by atoms with Gasteiger partial charge in [0.25, 0.3) is 0 Å². The number of anilines is 2. The van der Waals surface area contributed by atoms with Crippen molar-refractivity contribution >= 4 is 11.6 Å². The molecule has 0 bridgehead atoms. The largest absolute Gasteiger partial charge is 0.369 e. The Kier molecular flexibility index (Phi) is 4.96. The molecule has 2 heterocycles. The lowest BCUT2D eigenvalue weighted by atomic mass is 10.1. The fourth-order valence-corrected chi connectivity index (χ4v) is 2.44. The Morgan fingerprint density at radius 3 is 2.89 bits per heavy atom. The summed E-state index contributed by atoms with van der Waals surface area (Å²) in [7, 11) is 2.20. The smallest absolute Gasteiger partial charge is 0.149 e. The summed E-state index contributed by atoms with van der Waals surface area (Å²) in [5.41, 5.74) is 0. The van der Waals surface area contributed by atoms with Gasteiger partial charge < -0.3 is 10.2 Å². The van der Waals surface area contributed by atoms with Gasteiger partial charge in [0.05, 0.1) is 12.4 Å². The number of hydrogen-bond acceptors (Lipinski definition) is 5. The van der Waals surface area contributed by atoms with E-state index in [9.17, 15) is 0 Å². The third kappa shape index (κ3) is 3.56. The molecule has 19 heavy (non-hydrogen) atoms. The van der Waals surface area contributed by atoms with Crippen LogP contribution in [0.3, 0.4) is 0 Å². The van der Waals surface area contributed by atoms with E-state index in [0.29, 0.717) is 6.04 Å². The molecule has 1 aromatic heterocycles. The molecule has 1 aliphatic rings. The third-order valence-electron chi connectivity index (χ3n) is 3.75. The minimum atomic E-state index is 0.614. The number of likely N-dealkylation sites (N-methyl/N-ethyl adjacent to an activating group) is 1. The van der Waals surface area contributed by atoms with Crippen LogP contribution >= 0.6 is 0 Å². The first kappa shape index (κ1) is 14.1. The van der Waals surface area contributed by atoms with Crippen LogP contribution in [-0.4, -0.2) is 54.1 Å². The van der Waals surface area contributed by atoms with E-state index in [4.69, 9.17) is 0 Å². The summed E-state index contributed by atoms with van der Waals surface area (Å²) in [6.07, 6.45) is 5.94. The molecule has 2 rings (SSSR count). The van der Waals surface area contributed by atoms with Crippen LogP contribution in [0.2, 0.25) is 0 Å². The van der Waals surface area contributed by atoms with Crippen molar-refractivity contribution in [3.63, 3.8) is 0 Å². The molecule has 0 amide bonds. The fourth-order valence-electron chi connectivity index (χ4n) is 2.44. The number of nitrogens with zero attached hydrogens (tertiary/aromatic N) is 4. The maximum Gasteiger partial charge on any atom is 0.149 e. The van der Waals surface area contributed by atoms with E-state index in [2.05, 4.69) is 46.0 Å². The number of rotatable bonds is 5. The van der Waals surface area contributed by atoms with E-state index in [-0.39, 0.29) is 0 Å². The van der Waals surface area contributed by atoms with Gasteiger partial charge in [0.2, 0.25) is 0 Å². The highest BCUT2D eigenvalue weighted by Crippen LogP contribution is 2.18. The first-order chi connectivity index (χ1) is 9.24. The highest BCUT2D eigenvalue weighted by atomic mass is 15.3. The van der Waals surface area contributed by atoms with Crippen molar-refractivity contribution in [3.8, 4) is 0 Å². The zero-order valence-electron chi connectivity index (χ0n) is 12.3. The van der Waals surface area contributed by atoms with Gasteiger partial charge in [-0.3, -0.25) is 9.88 Å². The van der Waals surface area contributed by atoms with Crippen LogP contribution < -0.4 is 10.2 Å². The standard InChI is InChI=1S/C14H25N5/c1-4-6-16-13-9-15-10-14(17-13)19-8-7-18(3)12(5-2)11-19/h9-10,12H,4-8,11H2,1-3H3,(H,16,17). The summed E-state index contributed by atoms with van der Waals surface area (Å²) in [6.45, 7) is 8.50. The predicted molar refractivity (Wildman–Crippen MR) is 79.7 cm³/mol. The topological polar surface area (TPSA) is 44.3 Å². The Balaban J connectivity index is 2.04. The Labute approximate surface area is 116 Å². The normalized spacial score (nSPS) is 20.6. The maximum absolute atomic E-state index is 4.66. The molecule has 1 N–H and O–H groups in total. The summed E-state index contributed by atoms with van der Waals surface area (Å²) in [5, 5.41) is 3.30. The average molecular weight is 263 g/mol. The second-order valence-electron chi connectivity index (χ2n) is 5.18. The van der Waals surface area contributed by atoms with Gasteiger partial charge in [-0.1, -0.05) is 13.8 Å². The monoisotopic (exact) mass is 263 g/mol. The van der Waals surface area contributed by atoms with Crippen molar-refractivity contribution in [3.05, 3.63) is 12.4 Å². The van der Waals surface area contributed by atoms with Gasteiger partial charge in [0.1, 0.15) is 11.6 Å². The highest BCUT2D eigenvalue weighted by Gasteiger charge is 2.23. The lowest BCUT2D eigenvalue weighted by Crippen LogP contribution is -2.51. The Morgan fingerprint density at radius 1 is 1.32 bits per heavy atom. The van der Waals surface area contributed by atoms with Gasteiger partial charge in [-0.15, -0.1) is 0 Å². The van der Waals surface area contributed by atoms with Gasteiger partial charge in [0.15, 0.2) is 0 Å². The summed E-state index contributed by atoms with van der Waals surface area (Å²) < 4.78 is 0. The fraction of sp³-hybridized carbons (Fsp3) is 0.714. The van der Waals surface area contributed by atoms with Crippen LogP contribution in [0.4, 0.5) is 11.6 Å². The van der Waals surface area contributed by atoms with E-state index < -0.39 is 0 Å². The van der Waals surface area contributed by atoms with Crippen LogP contribution in [0.1, 0.15) is 26.7 Å². The average Bonchev–Trinajstić information content (AvgIpc) is 2.46. The van der Waals surface area contributed by atoms with Gasteiger partial charge in [0, 0.05) is 32.2 Å². The lowest BCUT2D eigenvalue weighted by molar-refractivity contribution is 0.213. The zero-order chi connectivity index (χ0) is 13.7. The second-order valence-corrected chi connectivity index (χ2v) is 5.18.